The number of non-ortho nitro benzene ring substituents is 1. The molecule has 0 radical (unpaired) electrons. The standard InChI is InChI=1S/C28H38N4O8/c1-5-8-9-10-15-30(4)27(36)31-18-22(40-25(34)19-11-13-21(14-12-19)32(37)38)16-23(31)24(33)29-28(17-20(28)6-2)26(35)39-7-3/h5,11-14,20,22-23H,1,6-10,15-18H2,2-4H3,(H,29,33)/t20-,22+,23+,28-/m1/s1. The third kappa shape index (κ3) is 6.97. The number of urea groups is 1. The van der Waals surface area contributed by atoms with Gasteiger partial charge in [0.2, 0.25) is 5.91 Å². The van der Waals surface area contributed by atoms with Crippen LogP contribution in [-0.2, 0) is 19.1 Å². The Hall–Kier alpha value is -3.96. The SMILES string of the molecule is C=CCCCCN(C)C(=O)N1C[C@@H](OC(=O)c2ccc([N+](=O)[O-])cc2)C[C@H]1C(=O)N[C@]1(C(=O)OCC)C[C@H]1CC. The predicted molar refractivity (Wildman–Crippen MR) is 145 cm³/mol. The van der Waals surface area contributed by atoms with Crippen molar-refractivity contribution < 1.29 is 33.6 Å². The summed E-state index contributed by atoms with van der Waals surface area (Å²) in [6.07, 6.45) is 4.63. The lowest BCUT2D eigenvalue weighted by Crippen LogP contribution is -2.55. The molecule has 4 atom stereocenters. The minimum Gasteiger partial charge on any atom is -0.464 e. The molecule has 1 aliphatic carbocycles. The van der Waals surface area contributed by atoms with Gasteiger partial charge in [-0.2, -0.15) is 0 Å². The van der Waals surface area contributed by atoms with Crippen molar-refractivity contribution in [2.45, 2.75) is 70.1 Å². The number of rotatable bonds is 13. The topological polar surface area (TPSA) is 148 Å². The second kappa shape index (κ2) is 13.4. The maximum atomic E-state index is 13.6. The van der Waals surface area contributed by atoms with Crippen molar-refractivity contribution in [1.82, 2.24) is 15.1 Å². The number of likely N-dealkylation sites (tertiary alicyclic amines) is 1. The zero-order valence-electron chi connectivity index (χ0n) is 23.3. The molecular formula is C28H38N4O8. The lowest BCUT2D eigenvalue weighted by molar-refractivity contribution is -0.384. The number of benzene rings is 1. The van der Waals surface area contributed by atoms with E-state index in [4.69, 9.17) is 9.47 Å². The van der Waals surface area contributed by atoms with E-state index in [0.29, 0.717) is 19.4 Å². The van der Waals surface area contributed by atoms with Gasteiger partial charge in [-0.05, 0) is 50.7 Å². The van der Waals surface area contributed by atoms with Gasteiger partial charge in [0.15, 0.2) is 0 Å². The van der Waals surface area contributed by atoms with E-state index >= 15 is 0 Å². The summed E-state index contributed by atoms with van der Waals surface area (Å²) in [5.41, 5.74) is -1.18. The summed E-state index contributed by atoms with van der Waals surface area (Å²) in [4.78, 5) is 65.7. The first kappa shape index (κ1) is 30.6. The summed E-state index contributed by atoms with van der Waals surface area (Å²) in [5, 5.41) is 13.8. The molecule has 3 rings (SSSR count). The molecule has 218 valence electrons. The van der Waals surface area contributed by atoms with Crippen molar-refractivity contribution in [3.63, 3.8) is 0 Å². The number of hydrogen-bond donors (Lipinski definition) is 1. The molecule has 12 nitrogen and oxygen atoms in total. The van der Waals surface area contributed by atoms with E-state index < -0.39 is 40.5 Å². The number of nitrogens with zero attached hydrogens (tertiary/aromatic N) is 3. The Morgan fingerprint density at radius 2 is 1.93 bits per heavy atom. The molecule has 2 fully saturated rings. The van der Waals surface area contributed by atoms with E-state index in [1.807, 2.05) is 13.0 Å². The van der Waals surface area contributed by atoms with Gasteiger partial charge in [-0.15, -0.1) is 6.58 Å². The second-order valence-corrected chi connectivity index (χ2v) is 10.2. The minimum atomic E-state index is -1.12. The lowest BCUT2D eigenvalue weighted by atomic mass is 10.1. The molecular weight excluding hydrogens is 520 g/mol. The van der Waals surface area contributed by atoms with E-state index in [9.17, 15) is 29.3 Å². The quantitative estimate of drug-likeness (QED) is 0.127. The van der Waals surface area contributed by atoms with Crippen LogP contribution in [0.4, 0.5) is 10.5 Å². The summed E-state index contributed by atoms with van der Waals surface area (Å²) in [5.74, 6) is -1.79. The molecule has 40 heavy (non-hydrogen) atoms. The number of carbonyl (C=O) groups excluding carboxylic acids is 4. The highest BCUT2D eigenvalue weighted by atomic mass is 16.6. The molecule has 12 heteroatoms. The number of nitrogens with one attached hydrogen (secondary N) is 1. The zero-order valence-corrected chi connectivity index (χ0v) is 23.3. The molecule has 1 aromatic carbocycles. The molecule has 2 aliphatic rings. The van der Waals surface area contributed by atoms with Crippen LogP contribution in [0.1, 0.15) is 62.7 Å². The second-order valence-electron chi connectivity index (χ2n) is 10.2. The highest BCUT2D eigenvalue weighted by Gasteiger charge is 2.62. The van der Waals surface area contributed by atoms with E-state index in [1.54, 1.807) is 14.0 Å². The fourth-order valence-electron chi connectivity index (χ4n) is 5.07. The highest BCUT2D eigenvalue weighted by molar-refractivity contribution is 5.95. The fraction of sp³-hybridized carbons (Fsp3) is 0.571. The van der Waals surface area contributed by atoms with Gasteiger partial charge in [-0.1, -0.05) is 19.4 Å². The van der Waals surface area contributed by atoms with E-state index in [2.05, 4.69) is 11.9 Å². The average Bonchev–Trinajstić information content (AvgIpc) is 3.50. The molecule has 1 heterocycles. The van der Waals surface area contributed by atoms with Crippen LogP contribution in [0, 0.1) is 16.0 Å². The molecule has 1 saturated heterocycles. The lowest BCUT2D eigenvalue weighted by Gasteiger charge is -2.30. The largest absolute Gasteiger partial charge is 0.464 e. The minimum absolute atomic E-state index is 0.0176. The molecule has 0 unspecified atom stereocenters. The van der Waals surface area contributed by atoms with Gasteiger partial charge < -0.3 is 24.6 Å². The first-order valence-corrected chi connectivity index (χ1v) is 13.6. The van der Waals surface area contributed by atoms with Gasteiger partial charge in [0, 0.05) is 32.1 Å². The Morgan fingerprint density at radius 3 is 2.50 bits per heavy atom. The summed E-state index contributed by atoms with van der Waals surface area (Å²) in [6.45, 7) is 7.96. The van der Waals surface area contributed by atoms with E-state index in [-0.39, 0.29) is 42.8 Å². The van der Waals surface area contributed by atoms with Crippen LogP contribution >= 0.6 is 0 Å². The number of hydrogen-bond acceptors (Lipinski definition) is 8. The van der Waals surface area contributed by atoms with E-state index in [1.165, 1.54) is 34.1 Å². The van der Waals surface area contributed by atoms with Gasteiger partial charge in [-0.25, -0.2) is 14.4 Å². The number of esters is 2. The number of allylic oxidation sites excluding steroid dienone is 1. The van der Waals surface area contributed by atoms with Gasteiger partial charge in [0.25, 0.3) is 5.69 Å². The summed E-state index contributed by atoms with van der Waals surface area (Å²) in [7, 11) is 1.65. The number of nitro benzene ring substituents is 1. The van der Waals surface area contributed by atoms with Gasteiger partial charge in [0.05, 0.1) is 23.6 Å². The smallest absolute Gasteiger partial charge is 0.338 e. The van der Waals surface area contributed by atoms with Crippen molar-refractivity contribution in [2.75, 3.05) is 26.7 Å². The van der Waals surface area contributed by atoms with Gasteiger partial charge in [0.1, 0.15) is 17.7 Å². The molecule has 1 saturated carbocycles. The third-order valence-electron chi connectivity index (χ3n) is 7.46. The number of nitro groups is 1. The Labute approximate surface area is 233 Å². The Balaban J connectivity index is 1.76. The molecule has 0 spiro atoms. The molecule has 1 N–H and O–H groups in total. The first-order valence-electron chi connectivity index (χ1n) is 13.6. The van der Waals surface area contributed by atoms with Crippen molar-refractivity contribution in [2.24, 2.45) is 5.92 Å². The molecule has 1 aliphatic heterocycles. The van der Waals surface area contributed by atoms with Crippen LogP contribution < -0.4 is 5.32 Å². The van der Waals surface area contributed by atoms with Crippen molar-refractivity contribution in [3.05, 3.63) is 52.6 Å². The summed E-state index contributed by atoms with van der Waals surface area (Å²) in [6, 6.07) is 3.63. The average molecular weight is 559 g/mol. The van der Waals surface area contributed by atoms with Crippen LogP contribution in [0.3, 0.4) is 0 Å². The number of ether oxygens (including phenoxy) is 2. The van der Waals surface area contributed by atoms with Crippen molar-refractivity contribution in [1.29, 1.82) is 0 Å². The van der Waals surface area contributed by atoms with Crippen LogP contribution in [0.5, 0.6) is 0 Å². The molecule has 1 aromatic rings. The van der Waals surface area contributed by atoms with Gasteiger partial charge >= 0.3 is 18.0 Å². The van der Waals surface area contributed by atoms with Crippen LogP contribution in [0.15, 0.2) is 36.9 Å². The maximum absolute atomic E-state index is 13.6. The highest BCUT2D eigenvalue weighted by Crippen LogP contribution is 2.47. The molecule has 0 aromatic heterocycles. The summed E-state index contributed by atoms with van der Waals surface area (Å²) < 4.78 is 10.8. The molecule has 3 amide bonds. The molecule has 0 bridgehead atoms. The Kier molecular flexibility index (Phi) is 10.2. The number of unbranched alkanes of at least 4 members (excludes halogenated alkanes) is 2. The fourth-order valence-corrected chi connectivity index (χ4v) is 5.07. The van der Waals surface area contributed by atoms with Crippen molar-refractivity contribution in [3.8, 4) is 0 Å². The predicted octanol–water partition coefficient (Wildman–Crippen LogP) is 3.45. The van der Waals surface area contributed by atoms with Crippen LogP contribution in [0.2, 0.25) is 0 Å². The summed E-state index contributed by atoms with van der Waals surface area (Å²) >= 11 is 0. The monoisotopic (exact) mass is 558 g/mol. The van der Waals surface area contributed by atoms with Crippen molar-refractivity contribution >= 4 is 29.6 Å². The third-order valence-corrected chi connectivity index (χ3v) is 7.46. The number of carbonyl (C=O) groups is 4. The Bertz CT molecular complexity index is 1120. The van der Waals surface area contributed by atoms with Crippen LogP contribution in [0.25, 0.3) is 0 Å². The van der Waals surface area contributed by atoms with Crippen LogP contribution in [-0.4, -0.2) is 83.0 Å². The number of amides is 3. The van der Waals surface area contributed by atoms with Gasteiger partial charge in [-0.3, -0.25) is 14.9 Å². The normalized spacial score (nSPS) is 23.2. The Morgan fingerprint density at radius 1 is 1.23 bits per heavy atom. The van der Waals surface area contributed by atoms with E-state index in [0.717, 1.165) is 19.3 Å². The first-order chi connectivity index (χ1) is 19.1. The maximum Gasteiger partial charge on any atom is 0.338 e. The zero-order chi connectivity index (χ0) is 29.4.